The number of halogens is 1. The third-order valence-electron chi connectivity index (χ3n) is 5.95. The van der Waals surface area contributed by atoms with Crippen molar-refractivity contribution in [2.75, 3.05) is 31.5 Å². The fourth-order valence-corrected chi connectivity index (χ4v) is 4.26. The molecule has 176 valence electrons. The summed E-state index contributed by atoms with van der Waals surface area (Å²) in [5, 5.41) is 18.3. The minimum absolute atomic E-state index is 0.0907. The molecule has 0 bridgehead atoms. The van der Waals surface area contributed by atoms with Gasteiger partial charge in [0, 0.05) is 36.3 Å². The van der Waals surface area contributed by atoms with Gasteiger partial charge in [-0.3, -0.25) is 4.79 Å². The van der Waals surface area contributed by atoms with E-state index in [-0.39, 0.29) is 5.91 Å². The van der Waals surface area contributed by atoms with E-state index < -0.39 is 5.60 Å². The molecule has 0 aliphatic carbocycles. The maximum Gasteiger partial charge on any atom is 0.255 e. The largest absolute Gasteiger partial charge is 0.376 e. The van der Waals surface area contributed by atoms with Crippen LogP contribution in [0.3, 0.4) is 0 Å². The smallest absolute Gasteiger partial charge is 0.255 e. The molecule has 1 aliphatic heterocycles. The molecule has 1 saturated heterocycles. The number of β-amino-alcohol motifs (C(OH)–C–C–N with tert-alkyl or cyclic N) is 1. The summed E-state index contributed by atoms with van der Waals surface area (Å²) in [5.41, 5.74) is 1.70. The highest BCUT2D eigenvalue weighted by atomic mass is 35.5. The van der Waals surface area contributed by atoms with Crippen molar-refractivity contribution in [1.82, 2.24) is 20.2 Å². The maximum atomic E-state index is 12.7. The number of nitrogens with one attached hydrogen (secondary N) is 2. The van der Waals surface area contributed by atoms with E-state index in [1.807, 2.05) is 38.1 Å². The number of rotatable bonds is 5. The van der Waals surface area contributed by atoms with Gasteiger partial charge in [-0.15, -0.1) is 0 Å². The Morgan fingerprint density at radius 3 is 2.76 bits per heavy atom. The third kappa shape index (κ3) is 5.31. The Morgan fingerprint density at radius 2 is 2.06 bits per heavy atom. The van der Waals surface area contributed by atoms with Crippen molar-refractivity contribution in [3.63, 3.8) is 0 Å². The molecule has 7 nitrogen and oxygen atoms in total. The molecular weight excluding hydrogens is 450 g/mol. The van der Waals surface area contributed by atoms with E-state index in [4.69, 9.17) is 11.6 Å². The van der Waals surface area contributed by atoms with Gasteiger partial charge in [0.2, 0.25) is 0 Å². The van der Waals surface area contributed by atoms with Gasteiger partial charge in [0.25, 0.3) is 5.91 Å². The fourth-order valence-electron chi connectivity index (χ4n) is 4.00. The summed E-state index contributed by atoms with van der Waals surface area (Å²) in [6.45, 7) is 6.50. The Morgan fingerprint density at radius 1 is 1.24 bits per heavy atom. The topological polar surface area (TPSA) is 90.4 Å². The number of fused-ring (bicyclic) bond motifs is 1. The summed E-state index contributed by atoms with van der Waals surface area (Å²) < 4.78 is 0. The van der Waals surface area contributed by atoms with Gasteiger partial charge < -0.3 is 20.6 Å². The van der Waals surface area contributed by atoms with Crippen molar-refractivity contribution in [2.24, 2.45) is 0 Å². The first-order valence-corrected chi connectivity index (χ1v) is 11.9. The van der Waals surface area contributed by atoms with E-state index in [1.165, 1.54) is 6.33 Å². The van der Waals surface area contributed by atoms with Crippen molar-refractivity contribution >= 4 is 39.9 Å². The van der Waals surface area contributed by atoms with Crippen molar-refractivity contribution in [3.8, 4) is 11.8 Å². The number of aromatic nitrogens is 2. The van der Waals surface area contributed by atoms with Crippen molar-refractivity contribution < 1.29 is 9.90 Å². The number of nitrogens with zero attached hydrogens (tertiary/aromatic N) is 3. The fraction of sp³-hybridized carbons (Fsp3) is 0.346. The van der Waals surface area contributed by atoms with Crippen LogP contribution in [0, 0.1) is 11.8 Å². The summed E-state index contributed by atoms with van der Waals surface area (Å²) in [6.07, 6.45) is 3.04. The van der Waals surface area contributed by atoms with Crippen LogP contribution in [0.15, 0.2) is 42.7 Å². The molecule has 1 amide bonds. The van der Waals surface area contributed by atoms with Crippen LogP contribution in [0.5, 0.6) is 0 Å². The van der Waals surface area contributed by atoms with Crippen LogP contribution in [0.1, 0.15) is 42.6 Å². The molecule has 2 heterocycles. The van der Waals surface area contributed by atoms with Gasteiger partial charge in [-0.05, 0) is 69.6 Å². The van der Waals surface area contributed by atoms with E-state index in [9.17, 15) is 9.90 Å². The maximum absolute atomic E-state index is 12.7. The Labute approximate surface area is 204 Å². The minimum atomic E-state index is -1.01. The standard InChI is InChI=1S/C26H28ClN5O2/c1-3-32(4-2)25(33)20-8-7-19(15-22(20)27)31-24-21-14-18(6-9-23(21)29-17-30-24)10-12-26(34)11-5-13-28-16-26/h6-9,14-15,17,28,34H,3-5,11,13,16H2,1-2H3,(H,29,30,31). The van der Waals surface area contributed by atoms with Crippen LogP contribution in [0.25, 0.3) is 10.9 Å². The quantitative estimate of drug-likeness (QED) is 0.482. The van der Waals surface area contributed by atoms with Gasteiger partial charge in [0.1, 0.15) is 17.7 Å². The monoisotopic (exact) mass is 477 g/mol. The molecule has 1 atom stereocenters. The van der Waals surface area contributed by atoms with Crippen LogP contribution in [0.4, 0.5) is 11.5 Å². The summed E-state index contributed by atoms with van der Waals surface area (Å²) in [4.78, 5) is 23.2. The highest BCUT2D eigenvalue weighted by Crippen LogP contribution is 2.28. The van der Waals surface area contributed by atoms with Gasteiger partial charge in [0.05, 0.1) is 16.1 Å². The molecule has 4 rings (SSSR count). The molecule has 3 N–H and O–H groups in total. The van der Waals surface area contributed by atoms with E-state index in [0.717, 1.165) is 29.4 Å². The second kappa shape index (κ2) is 10.4. The minimum Gasteiger partial charge on any atom is -0.376 e. The molecule has 1 aliphatic rings. The second-order valence-electron chi connectivity index (χ2n) is 8.31. The van der Waals surface area contributed by atoms with Crippen LogP contribution < -0.4 is 10.6 Å². The lowest BCUT2D eigenvalue weighted by Gasteiger charge is -2.27. The van der Waals surface area contributed by atoms with Gasteiger partial charge in [-0.1, -0.05) is 23.4 Å². The number of carbonyl (C=O) groups excluding carboxylic acids is 1. The van der Waals surface area contributed by atoms with Gasteiger partial charge in [-0.25, -0.2) is 9.97 Å². The number of anilines is 2. The number of benzene rings is 2. The molecule has 0 radical (unpaired) electrons. The van der Waals surface area contributed by atoms with Crippen LogP contribution in [-0.2, 0) is 0 Å². The lowest BCUT2D eigenvalue weighted by atomic mass is 9.94. The zero-order valence-corrected chi connectivity index (χ0v) is 20.1. The molecule has 3 aromatic rings. The lowest BCUT2D eigenvalue weighted by molar-refractivity contribution is 0.0735. The second-order valence-corrected chi connectivity index (χ2v) is 8.72. The van der Waals surface area contributed by atoms with E-state index >= 15 is 0 Å². The summed E-state index contributed by atoms with van der Waals surface area (Å²) in [5.74, 6) is 6.63. The predicted octanol–water partition coefficient (Wildman–Crippen LogP) is 3.97. The zero-order chi connectivity index (χ0) is 24.1. The number of piperidine rings is 1. The SMILES string of the molecule is CCN(CC)C(=O)c1ccc(Nc2ncnc3ccc(C#CC4(O)CCCNC4)cc23)cc1Cl. The number of carbonyl (C=O) groups is 1. The van der Waals surface area contributed by atoms with E-state index in [1.54, 1.807) is 17.0 Å². The highest BCUT2D eigenvalue weighted by Gasteiger charge is 2.26. The third-order valence-corrected chi connectivity index (χ3v) is 6.26. The van der Waals surface area contributed by atoms with Crippen molar-refractivity contribution in [2.45, 2.75) is 32.3 Å². The Hall–Kier alpha value is -3.18. The van der Waals surface area contributed by atoms with E-state index in [2.05, 4.69) is 32.4 Å². The number of amides is 1. The molecule has 0 spiro atoms. The number of hydrogen-bond donors (Lipinski definition) is 3. The summed E-state index contributed by atoms with van der Waals surface area (Å²) in [6, 6.07) is 10.9. The first kappa shape index (κ1) is 24.0. The van der Waals surface area contributed by atoms with Gasteiger partial charge in [-0.2, -0.15) is 0 Å². The first-order chi connectivity index (χ1) is 16.4. The molecule has 0 saturated carbocycles. The van der Waals surface area contributed by atoms with Crippen LogP contribution >= 0.6 is 11.6 Å². The molecule has 1 fully saturated rings. The Bertz CT molecular complexity index is 1260. The average molecular weight is 478 g/mol. The average Bonchev–Trinajstić information content (AvgIpc) is 2.84. The number of aliphatic hydroxyl groups is 1. The number of hydrogen-bond acceptors (Lipinski definition) is 6. The molecule has 1 unspecified atom stereocenters. The summed E-state index contributed by atoms with van der Waals surface area (Å²) >= 11 is 6.45. The van der Waals surface area contributed by atoms with Crippen LogP contribution in [-0.4, -0.2) is 57.7 Å². The molecule has 2 aromatic carbocycles. The van der Waals surface area contributed by atoms with Crippen molar-refractivity contribution in [3.05, 3.63) is 58.9 Å². The molecular formula is C26H28ClN5O2. The molecule has 34 heavy (non-hydrogen) atoms. The molecule has 1 aromatic heterocycles. The van der Waals surface area contributed by atoms with Gasteiger partial charge >= 0.3 is 0 Å². The molecule has 8 heteroatoms. The van der Waals surface area contributed by atoms with E-state index in [0.29, 0.717) is 48.1 Å². The lowest BCUT2D eigenvalue weighted by Crippen LogP contribution is -2.44. The normalized spacial score (nSPS) is 17.6. The van der Waals surface area contributed by atoms with Crippen LogP contribution in [0.2, 0.25) is 5.02 Å². The Balaban J connectivity index is 1.61. The van der Waals surface area contributed by atoms with Crippen molar-refractivity contribution in [1.29, 1.82) is 0 Å². The first-order valence-electron chi connectivity index (χ1n) is 11.5. The summed E-state index contributed by atoms with van der Waals surface area (Å²) in [7, 11) is 0. The predicted molar refractivity (Wildman–Crippen MR) is 135 cm³/mol. The zero-order valence-electron chi connectivity index (χ0n) is 19.4. The highest BCUT2D eigenvalue weighted by molar-refractivity contribution is 6.34. The van der Waals surface area contributed by atoms with Gasteiger partial charge in [0.15, 0.2) is 0 Å². The Kier molecular flexibility index (Phi) is 7.32.